The van der Waals surface area contributed by atoms with E-state index in [1.165, 1.54) is 0 Å². The Balaban J connectivity index is 1.78. The zero-order valence-electron chi connectivity index (χ0n) is 17.4. The van der Waals surface area contributed by atoms with Crippen LogP contribution in [0, 0.1) is 0 Å². The highest BCUT2D eigenvalue weighted by Crippen LogP contribution is 2.25. The van der Waals surface area contributed by atoms with Crippen molar-refractivity contribution >= 4 is 17.5 Å². The van der Waals surface area contributed by atoms with Crippen LogP contribution in [0.3, 0.4) is 0 Å². The summed E-state index contributed by atoms with van der Waals surface area (Å²) in [7, 11) is 0. The van der Waals surface area contributed by atoms with Crippen LogP contribution in [0.5, 0.6) is 17.2 Å². The number of hydrogen-bond donors (Lipinski definition) is 1. The number of anilines is 1. The SMILES string of the molecule is CCOc1ccc(Oc2ccc(NC(=O)CCCC(=O)N(CC)CC)cc2)cc1. The van der Waals surface area contributed by atoms with E-state index in [9.17, 15) is 9.59 Å². The summed E-state index contributed by atoms with van der Waals surface area (Å²) in [5.74, 6) is 2.19. The summed E-state index contributed by atoms with van der Waals surface area (Å²) in [6.07, 6.45) is 1.25. The molecule has 0 bridgehead atoms. The van der Waals surface area contributed by atoms with Gasteiger partial charge >= 0.3 is 0 Å². The fourth-order valence-corrected chi connectivity index (χ4v) is 2.87. The molecule has 0 aliphatic rings. The zero-order valence-corrected chi connectivity index (χ0v) is 17.4. The van der Waals surface area contributed by atoms with E-state index in [0.717, 1.165) is 5.75 Å². The van der Waals surface area contributed by atoms with Crippen molar-refractivity contribution in [1.29, 1.82) is 0 Å². The van der Waals surface area contributed by atoms with Gasteiger partial charge in [0.2, 0.25) is 11.8 Å². The van der Waals surface area contributed by atoms with Gasteiger partial charge in [0.15, 0.2) is 0 Å². The van der Waals surface area contributed by atoms with Crippen molar-refractivity contribution in [3.63, 3.8) is 0 Å². The first-order chi connectivity index (χ1) is 14.0. The van der Waals surface area contributed by atoms with E-state index in [0.29, 0.717) is 56.1 Å². The van der Waals surface area contributed by atoms with Crippen molar-refractivity contribution in [2.45, 2.75) is 40.0 Å². The molecule has 2 aromatic carbocycles. The molecule has 0 saturated heterocycles. The molecule has 6 heteroatoms. The van der Waals surface area contributed by atoms with Gasteiger partial charge in [-0.05, 0) is 75.7 Å². The normalized spacial score (nSPS) is 10.3. The summed E-state index contributed by atoms with van der Waals surface area (Å²) in [6.45, 7) is 7.88. The van der Waals surface area contributed by atoms with Crippen LogP contribution in [0.1, 0.15) is 40.0 Å². The molecule has 29 heavy (non-hydrogen) atoms. The second-order valence-corrected chi connectivity index (χ2v) is 6.50. The largest absolute Gasteiger partial charge is 0.494 e. The molecule has 0 aliphatic heterocycles. The molecular formula is C23H30N2O4. The van der Waals surface area contributed by atoms with Gasteiger partial charge in [0.1, 0.15) is 17.2 Å². The van der Waals surface area contributed by atoms with E-state index in [2.05, 4.69) is 5.32 Å². The fourth-order valence-electron chi connectivity index (χ4n) is 2.87. The lowest BCUT2D eigenvalue weighted by Gasteiger charge is -2.18. The molecule has 156 valence electrons. The van der Waals surface area contributed by atoms with Crippen molar-refractivity contribution in [2.75, 3.05) is 25.0 Å². The maximum absolute atomic E-state index is 12.1. The van der Waals surface area contributed by atoms with E-state index in [4.69, 9.17) is 9.47 Å². The first kappa shape index (κ1) is 22.3. The number of carbonyl (C=O) groups excluding carboxylic acids is 2. The lowest BCUT2D eigenvalue weighted by molar-refractivity contribution is -0.130. The van der Waals surface area contributed by atoms with Gasteiger partial charge in [-0.3, -0.25) is 9.59 Å². The molecule has 0 atom stereocenters. The Kier molecular flexibility index (Phi) is 9.02. The molecule has 0 unspecified atom stereocenters. The molecule has 0 fully saturated rings. The Bertz CT molecular complexity index is 768. The monoisotopic (exact) mass is 398 g/mol. The Hall–Kier alpha value is -3.02. The summed E-state index contributed by atoms with van der Waals surface area (Å²) >= 11 is 0. The van der Waals surface area contributed by atoms with Crippen molar-refractivity contribution < 1.29 is 19.1 Å². The Morgan fingerprint density at radius 1 is 0.828 bits per heavy atom. The lowest BCUT2D eigenvalue weighted by Crippen LogP contribution is -2.30. The molecule has 2 amide bonds. The van der Waals surface area contributed by atoms with E-state index < -0.39 is 0 Å². The molecule has 0 saturated carbocycles. The van der Waals surface area contributed by atoms with Crippen molar-refractivity contribution in [2.24, 2.45) is 0 Å². The minimum absolute atomic E-state index is 0.0959. The number of nitrogens with one attached hydrogen (secondary N) is 1. The molecule has 2 rings (SSSR count). The third kappa shape index (κ3) is 7.49. The molecular weight excluding hydrogens is 368 g/mol. The first-order valence-electron chi connectivity index (χ1n) is 10.1. The van der Waals surface area contributed by atoms with Crippen LogP contribution in [0.4, 0.5) is 5.69 Å². The molecule has 0 aromatic heterocycles. The Morgan fingerprint density at radius 3 is 1.93 bits per heavy atom. The van der Waals surface area contributed by atoms with Crippen molar-refractivity contribution in [1.82, 2.24) is 4.90 Å². The van der Waals surface area contributed by atoms with E-state index in [-0.39, 0.29) is 11.8 Å². The van der Waals surface area contributed by atoms with Crippen LogP contribution >= 0.6 is 0 Å². The predicted molar refractivity (Wildman–Crippen MR) is 115 cm³/mol. The minimum Gasteiger partial charge on any atom is -0.494 e. The molecule has 6 nitrogen and oxygen atoms in total. The predicted octanol–water partition coefficient (Wildman–Crippen LogP) is 4.85. The number of rotatable bonds is 11. The number of hydrogen-bond acceptors (Lipinski definition) is 4. The average molecular weight is 399 g/mol. The van der Waals surface area contributed by atoms with E-state index in [1.54, 1.807) is 29.2 Å². The summed E-state index contributed by atoms with van der Waals surface area (Å²) in [4.78, 5) is 25.8. The van der Waals surface area contributed by atoms with Gasteiger partial charge in [-0.15, -0.1) is 0 Å². The van der Waals surface area contributed by atoms with Gasteiger partial charge < -0.3 is 19.7 Å². The highest BCUT2D eigenvalue weighted by atomic mass is 16.5. The summed E-state index contributed by atoms with van der Waals surface area (Å²) < 4.78 is 11.2. The maximum Gasteiger partial charge on any atom is 0.224 e. The van der Waals surface area contributed by atoms with E-state index in [1.807, 2.05) is 45.0 Å². The number of ether oxygens (including phenoxy) is 2. The Labute approximate surface area is 172 Å². The van der Waals surface area contributed by atoms with Gasteiger partial charge in [-0.1, -0.05) is 0 Å². The fraction of sp³-hybridized carbons (Fsp3) is 0.391. The van der Waals surface area contributed by atoms with E-state index >= 15 is 0 Å². The smallest absolute Gasteiger partial charge is 0.224 e. The van der Waals surface area contributed by atoms with Crippen LogP contribution in [-0.4, -0.2) is 36.4 Å². The van der Waals surface area contributed by atoms with Gasteiger partial charge in [-0.25, -0.2) is 0 Å². The first-order valence-corrected chi connectivity index (χ1v) is 10.1. The van der Waals surface area contributed by atoms with Crippen molar-refractivity contribution in [3.05, 3.63) is 48.5 Å². The second kappa shape index (κ2) is 11.7. The third-order valence-electron chi connectivity index (χ3n) is 4.42. The molecule has 1 N–H and O–H groups in total. The zero-order chi connectivity index (χ0) is 21.1. The second-order valence-electron chi connectivity index (χ2n) is 6.50. The van der Waals surface area contributed by atoms with Crippen LogP contribution in [-0.2, 0) is 9.59 Å². The Morgan fingerprint density at radius 2 is 1.38 bits per heavy atom. The average Bonchev–Trinajstić information content (AvgIpc) is 2.72. The number of carbonyl (C=O) groups is 2. The highest BCUT2D eigenvalue weighted by molar-refractivity contribution is 5.91. The maximum atomic E-state index is 12.1. The third-order valence-corrected chi connectivity index (χ3v) is 4.42. The van der Waals surface area contributed by atoms with Crippen molar-refractivity contribution in [3.8, 4) is 17.2 Å². The molecule has 0 radical (unpaired) electrons. The molecule has 0 spiro atoms. The van der Waals surface area contributed by atoms with Gasteiger partial charge in [0.25, 0.3) is 0 Å². The summed E-state index contributed by atoms with van der Waals surface area (Å²) in [5, 5.41) is 2.85. The van der Waals surface area contributed by atoms with Gasteiger partial charge in [-0.2, -0.15) is 0 Å². The number of nitrogens with zero attached hydrogens (tertiary/aromatic N) is 1. The molecule has 2 aromatic rings. The van der Waals surface area contributed by atoms with Gasteiger partial charge in [0, 0.05) is 31.6 Å². The van der Waals surface area contributed by atoms with Crippen LogP contribution in [0.25, 0.3) is 0 Å². The van der Waals surface area contributed by atoms with Crippen LogP contribution in [0.15, 0.2) is 48.5 Å². The number of amides is 2. The topological polar surface area (TPSA) is 67.9 Å². The molecule has 0 aliphatic carbocycles. The molecule has 0 heterocycles. The lowest BCUT2D eigenvalue weighted by atomic mass is 10.2. The minimum atomic E-state index is -0.0995. The quantitative estimate of drug-likeness (QED) is 0.587. The summed E-state index contributed by atoms with van der Waals surface area (Å²) in [5.41, 5.74) is 0.698. The highest BCUT2D eigenvalue weighted by Gasteiger charge is 2.10. The standard InChI is InChI=1S/C23H30N2O4/c1-4-25(5-2)23(27)9-7-8-22(26)24-18-10-12-20(13-11-18)29-21-16-14-19(15-17-21)28-6-3/h10-17H,4-9H2,1-3H3,(H,24,26). The summed E-state index contributed by atoms with van der Waals surface area (Å²) in [6, 6.07) is 14.6. The number of benzene rings is 2. The van der Waals surface area contributed by atoms with Crippen LogP contribution < -0.4 is 14.8 Å². The van der Waals surface area contributed by atoms with Gasteiger partial charge in [0.05, 0.1) is 6.61 Å². The van der Waals surface area contributed by atoms with Crippen LogP contribution in [0.2, 0.25) is 0 Å².